The Bertz CT molecular complexity index is 158. The Kier molecular flexibility index (Phi) is 7.30. The van der Waals surface area contributed by atoms with Gasteiger partial charge in [-0.25, -0.2) is 0 Å². The van der Waals surface area contributed by atoms with Gasteiger partial charge in [0, 0.05) is 5.88 Å². The van der Waals surface area contributed by atoms with Crippen molar-refractivity contribution in [2.75, 3.05) is 5.88 Å². The minimum atomic E-state index is -0.640. The van der Waals surface area contributed by atoms with E-state index in [-0.39, 0.29) is 5.92 Å². The molecule has 0 bridgehead atoms. The molecule has 0 saturated carbocycles. The Morgan fingerprint density at radius 3 is 2.57 bits per heavy atom. The van der Waals surface area contributed by atoms with Crippen LogP contribution in [-0.2, 0) is 0 Å². The van der Waals surface area contributed by atoms with Gasteiger partial charge in [-0.1, -0.05) is 39.2 Å². The first kappa shape index (κ1) is 14.0. The standard InChI is InChI=1S/C12H23ClO/c1-4-6-7-9-12(14,8-5-2)11(3)10-13/h5,11,14H,2,4,6-10H2,1,3H3. The van der Waals surface area contributed by atoms with E-state index < -0.39 is 5.60 Å². The van der Waals surface area contributed by atoms with Crippen molar-refractivity contribution in [3.8, 4) is 0 Å². The molecule has 0 rings (SSSR count). The molecule has 0 aliphatic rings. The highest BCUT2D eigenvalue weighted by molar-refractivity contribution is 6.18. The fraction of sp³-hybridized carbons (Fsp3) is 0.833. The molecule has 0 aromatic heterocycles. The zero-order chi connectivity index (χ0) is 11.0. The molecule has 0 radical (unpaired) electrons. The number of halogens is 1. The monoisotopic (exact) mass is 218 g/mol. The lowest BCUT2D eigenvalue weighted by Gasteiger charge is -2.32. The normalized spacial score (nSPS) is 17.4. The van der Waals surface area contributed by atoms with E-state index in [1.54, 1.807) is 6.08 Å². The first-order valence-electron chi connectivity index (χ1n) is 5.50. The summed E-state index contributed by atoms with van der Waals surface area (Å²) in [6.07, 6.45) is 6.69. The smallest absolute Gasteiger partial charge is 0.0718 e. The highest BCUT2D eigenvalue weighted by Gasteiger charge is 2.30. The van der Waals surface area contributed by atoms with Crippen molar-refractivity contribution in [2.45, 2.75) is 51.6 Å². The molecule has 1 nitrogen and oxygen atoms in total. The van der Waals surface area contributed by atoms with Crippen molar-refractivity contribution < 1.29 is 5.11 Å². The minimum absolute atomic E-state index is 0.138. The van der Waals surface area contributed by atoms with Crippen molar-refractivity contribution in [1.82, 2.24) is 0 Å². The average molecular weight is 219 g/mol. The van der Waals surface area contributed by atoms with Crippen LogP contribution in [0, 0.1) is 5.92 Å². The van der Waals surface area contributed by atoms with Crippen LogP contribution in [0.25, 0.3) is 0 Å². The molecule has 84 valence electrons. The summed E-state index contributed by atoms with van der Waals surface area (Å²) in [5.74, 6) is 0.648. The third kappa shape index (κ3) is 4.47. The Morgan fingerprint density at radius 2 is 2.14 bits per heavy atom. The van der Waals surface area contributed by atoms with Crippen LogP contribution in [0.4, 0.5) is 0 Å². The molecular weight excluding hydrogens is 196 g/mol. The van der Waals surface area contributed by atoms with E-state index in [2.05, 4.69) is 13.5 Å². The predicted octanol–water partition coefficient (Wildman–Crippen LogP) is 3.75. The van der Waals surface area contributed by atoms with Gasteiger partial charge in [-0.2, -0.15) is 0 Å². The van der Waals surface area contributed by atoms with E-state index in [0.29, 0.717) is 12.3 Å². The molecule has 0 fully saturated rings. The Labute approximate surface area is 93.2 Å². The maximum Gasteiger partial charge on any atom is 0.0718 e. The lowest BCUT2D eigenvalue weighted by molar-refractivity contribution is -0.0109. The molecule has 0 aromatic carbocycles. The summed E-state index contributed by atoms with van der Waals surface area (Å²) in [7, 11) is 0. The second-order valence-corrected chi connectivity index (χ2v) is 4.42. The second kappa shape index (κ2) is 7.30. The van der Waals surface area contributed by atoms with Crippen molar-refractivity contribution in [2.24, 2.45) is 5.92 Å². The van der Waals surface area contributed by atoms with E-state index >= 15 is 0 Å². The first-order chi connectivity index (χ1) is 6.60. The number of unbranched alkanes of at least 4 members (excludes halogenated alkanes) is 2. The summed E-state index contributed by atoms with van der Waals surface area (Å²) in [6.45, 7) is 7.85. The molecule has 0 aromatic rings. The van der Waals surface area contributed by atoms with Crippen molar-refractivity contribution >= 4 is 11.6 Å². The summed E-state index contributed by atoms with van der Waals surface area (Å²) in [6, 6.07) is 0. The average Bonchev–Trinajstić information content (AvgIpc) is 2.17. The van der Waals surface area contributed by atoms with Crippen LogP contribution in [0.2, 0.25) is 0 Å². The fourth-order valence-electron chi connectivity index (χ4n) is 1.62. The van der Waals surface area contributed by atoms with Crippen LogP contribution in [0.15, 0.2) is 12.7 Å². The van der Waals surface area contributed by atoms with Gasteiger partial charge < -0.3 is 5.11 Å². The first-order valence-corrected chi connectivity index (χ1v) is 6.03. The fourth-order valence-corrected chi connectivity index (χ4v) is 1.91. The largest absolute Gasteiger partial charge is 0.389 e. The molecule has 2 unspecified atom stereocenters. The minimum Gasteiger partial charge on any atom is -0.389 e. The predicted molar refractivity (Wildman–Crippen MR) is 63.8 cm³/mol. The highest BCUT2D eigenvalue weighted by atomic mass is 35.5. The number of hydrogen-bond acceptors (Lipinski definition) is 1. The Hall–Kier alpha value is -0.0100. The molecular formula is C12H23ClO. The van der Waals surface area contributed by atoms with Crippen LogP contribution in [0.3, 0.4) is 0 Å². The number of alkyl halides is 1. The van der Waals surface area contributed by atoms with Crippen LogP contribution >= 0.6 is 11.6 Å². The molecule has 0 heterocycles. The third-order valence-corrected chi connectivity index (χ3v) is 3.32. The number of aliphatic hydroxyl groups is 1. The van der Waals surface area contributed by atoms with Crippen LogP contribution in [0.5, 0.6) is 0 Å². The summed E-state index contributed by atoms with van der Waals surface area (Å²) in [4.78, 5) is 0. The van der Waals surface area contributed by atoms with Crippen molar-refractivity contribution in [3.63, 3.8) is 0 Å². The van der Waals surface area contributed by atoms with E-state index in [0.717, 1.165) is 12.8 Å². The lowest BCUT2D eigenvalue weighted by Crippen LogP contribution is -2.36. The molecule has 0 saturated heterocycles. The zero-order valence-corrected chi connectivity index (χ0v) is 10.2. The van der Waals surface area contributed by atoms with Gasteiger partial charge in [0.15, 0.2) is 0 Å². The van der Waals surface area contributed by atoms with Crippen LogP contribution in [-0.4, -0.2) is 16.6 Å². The molecule has 2 heteroatoms. The molecule has 0 aliphatic heterocycles. The maximum atomic E-state index is 10.4. The molecule has 0 amide bonds. The van der Waals surface area contributed by atoms with Gasteiger partial charge in [-0.15, -0.1) is 18.2 Å². The number of rotatable bonds is 8. The number of hydrogen-bond donors (Lipinski definition) is 1. The molecule has 0 aliphatic carbocycles. The molecule has 14 heavy (non-hydrogen) atoms. The van der Waals surface area contributed by atoms with E-state index in [1.165, 1.54) is 12.8 Å². The van der Waals surface area contributed by atoms with Gasteiger partial charge in [0.1, 0.15) is 0 Å². The second-order valence-electron chi connectivity index (χ2n) is 4.11. The summed E-state index contributed by atoms with van der Waals surface area (Å²) < 4.78 is 0. The topological polar surface area (TPSA) is 20.2 Å². The van der Waals surface area contributed by atoms with Crippen LogP contribution in [0.1, 0.15) is 46.0 Å². The van der Waals surface area contributed by atoms with E-state index in [4.69, 9.17) is 11.6 Å². The molecule has 0 spiro atoms. The molecule has 2 atom stereocenters. The zero-order valence-electron chi connectivity index (χ0n) is 9.43. The quantitative estimate of drug-likeness (QED) is 0.374. The van der Waals surface area contributed by atoms with Gasteiger partial charge in [-0.3, -0.25) is 0 Å². The SMILES string of the molecule is C=CCC(O)(CCCCC)C(C)CCl. The summed E-state index contributed by atoms with van der Waals surface area (Å²) in [5.41, 5.74) is -0.640. The highest BCUT2D eigenvalue weighted by Crippen LogP contribution is 2.29. The van der Waals surface area contributed by atoms with E-state index in [9.17, 15) is 5.11 Å². The summed E-state index contributed by atoms with van der Waals surface area (Å²) in [5, 5.41) is 10.4. The Morgan fingerprint density at radius 1 is 1.50 bits per heavy atom. The van der Waals surface area contributed by atoms with Gasteiger partial charge in [0.05, 0.1) is 5.60 Å². The third-order valence-electron chi connectivity index (χ3n) is 2.86. The molecule has 1 N–H and O–H groups in total. The maximum absolute atomic E-state index is 10.4. The summed E-state index contributed by atoms with van der Waals surface area (Å²) >= 11 is 5.79. The van der Waals surface area contributed by atoms with Crippen molar-refractivity contribution in [1.29, 1.82) is 0 Å². The van der Waals surface area contributed by atoms with Gasteiger partial charge in [-0.05, 0) is 18.8 Å². The van der Waals surface area contributed by atoms with Gasteiger partial charge in [0.2, 0.25) is 0 Å². The van der Waals surface area contributed by atoms with Crippen molar-refractivity contribution in [3.05, 3.63) is 12.7 Å². The van der Waals surface area contributed by atoms with E-state index in [1.807, 2.05) is 6.92 Å². The van der Waals surface area contributed by atoms with Crippen LogP contribution < -0.4 is 0 Å². The van der Waals surface area contributed by atoms with Gasteiger partial charge >= 0.3 is 0 Å². The van der Waals surface area contributed by atoms with Gasteiger partial charge in [0.25, 0.3) is 0 Å². The lowest BCUT2D eigenvalue weighted by atomic mass is 9.82. The Balaban J connectivity index is 4.15.